The second-order valence-electron chi connectivity index (χ2n) is 17.4. The van der Waals surface area contributed by atoms with E-state index in [-0.39, 0.29) is 208 Å². The molecule has 0 saturated carbocycles. The van der Waals surface area contributed by atoms with E-state index in [9.17, 15) is 61.5 Å². The van der Waals surface area contributed by atoms with Gasteiger partial charge >= 0.3 is 0 Å². The Labute approximate surface area is 587 Å². The first-order valence-electron chi connectivity index (χ1n) is 23.1. The maximum absolute atomic E-state index is 12.3. The molecular formula is C46H38Cl2N16Na4O14S4. The Balaban J connectivity index is 0.00000337. The molecule has 8 N–H and O–H groups in total. The third-order valence-electron chi connectivity index (χ3n) is 11.6. The molecule has 6 aromatic carbocycles. The summed E-state index contributed by atoms with van der Waals surface area (Å²) < 4.78 is 137. The number of nitrogens with zero attached hydrogens (tertiary/aromatic N) is 12. The zero-order chi connectivity index (χ0) is 59.1. The van der Waals surface area contributed by atoms with Crippen LogP contribution in [-0.4, -0.2) is 238 Å². The Morgan fingerprint density at radius 2 is 0.802 bits per heavy atom. The van der Waals surface area contributed by atoms with Gasteiger partial charge in [-0.3, -0.25) is 27.8 Å². The zero-order valence-corrected chi connectivity index (χ0v) is 58.5. The van der Waals surface area contributed by atoms with E-state index < -0.39 is 71.9 Å². The van der Waals surface area contributed by atoms with Gasteiger partial charge in [-0.1, -0.05) is 24.3 Å². The summed E-state index contributed by atoms with van der Waals surface area (Å²) in [5.41, 5.74) is 0.446. The number of halogens is 2. The van der Waals surface area contributed by atoms with Crippen LogP contribution >= 0.6 is 23.2 Å². The molecule has 4 radical (unpaired) electrons. The van der Waals surface area contributed by atoms with Gasteiger partial charge in [0.1, 0.15) is 31.0 Å². The van der Waals surface area contributed by atoms with Crippen LogP contribution in [0.2, 0.25) is 10.6 Å². The number of azo groups is 2. The number of hydrogen-bond donors (Lipinski definition) is 8. The standard InChI is InChI=1S/C46H38Cl2N16O14S4.4Na/c1-23(65)49-35-19-25(9-11-33(35)61-59-27-17-31-29(39(21-27)81(73,74)75)5-3-7-37(31)79(67,68)69)51-43-53-41(47)55-45(57-43)63-13-15-64(16-14-63)46-56-42(48)54-44(58-46)52-26-10-12-34(36(20-26)50-24(2)66)62-60-28-18-32-30(40(22-28)82(76,77)78)6-4-8-38(32)80(70,71)72;;;;/h3-12,17-22H,13-16H2,1-2H3,(H,49,65)(H,50,66)(H,67,68,69)(H,70,71,72)(H,73,74,75)(H,76,77,78)(H,51,53,55,57)(H,52,54,56,58);;;;. The van der Waals surface area contributed by atoms with Gasteiger partial charge < -0.3 is 31.1 Å². The summed E-state index contributed by atoms with van der Waals surface area (Å²) in [5, 5.41) is 26.3. The third kappa shape index (κ3) is 17.8. The van der Waals surface area contributed by atoms with E-state index >= 15 is 0 Å². The number of piperazine rings is 1. The number of benzene rings is 6. The number of amides is 2. The van der Waals surface area contributed by atoms with Crippen LogP contribution < -0.4 is 31.1 Å². The van der Waals surface area contributed by atoms with E-state index in [4.69, 9.17) is 23.2 Å². The quantitative estimate of drug-likeness (QED) is 0.0283. The second-order valence-corrected chi connectivity index (χ2v) is 23.6. The first kappa shape index (κ1) is 72.2. The smallest absolute Gasteiger partial charge is 0.295 e. The van der Waals surface area contributed by atoms with Crippen LogP contribution in [0.15, 0.2) is 137 Å². The number of carbonyl (C=O) groups excluding carboxylic acids is 2. The number of aromatic nitrogens is 6. The molecule has 2 amide bonds. The minimum absolute atomic E-state index is 0. The van der Waals surface area contributed by atoms with Gasteiger partial charge in [0.2, 0.25) is 46.2 Å². The van der Waals surface area contributed by atoms with Crippen molar-refractivity contribution in [2.75, 3.05) is 57.2 Å². The first-order valence-corrected chi connectivity index (χ1v) is 29.6. The van der Waals surface area contributed by atoms with Crippen LogP contribution in [0.25, 0.3) is 21.5 Å². The molecule has 8 aromatic rings. The molecule has 1 fully saturated rings. The SMILES string of the molecule is CC(=O)Nc1cc(Nc2nc(Cl)nc(N3CCN(c4nc(Cl)nc(Nc5ccc(N=Nc6cc(S(=O)(=O)O)c7cccc(S(=O)(=O)O)c7c6)c(NC(C)=O)c5)n4)CC3)n2)ccc1N=Nc1cc(S(=O)(=O)O)c2cccc(S(=O)(=O)O)c2c1.[Na].[Na].[Na].[Na]. The largest absolute Gasteiger partial charge is 0.337 e. The van der Waals surface area contributed by atoms with Crippen LogP contribution in [-0.2, 0) is 50.1 Å². The Hall–Kier alpha value is -4.58. The second kappa shape index (κ2) is 29.4. The number of hydrogen-bond acceptors (Lipinski definition) is 24. The summed E-state index contributed by atoms with van der Waals surface area (Å²) in [6.07, 6.45) is 0. The maximum atomic E-state index is 12.3. The number of carbonyl (C=O) groups is 2. The molecule has 3 heterocycles. The summed E-state index contributed by atoms with van der Waals surface area (Å²) in [6, 6.07) is 19.9. The first-order chi connectivity index (χ1) is 38.5. The fourth-order valence-corrected chi connectivity index (χ4v) is 11.4. The molecule has 0 unspecified atom stereocenters. The topological polar surface area (TPSA) is 433 Å². The van der Waals surface area contributed by atoms with Gasteiger partial charge in [-0.15, -0.1) is 10.2 Å². The van der Waals surface area contributed by atoms with Gasteiger partial charge in [0.15, 0.2) is 0 Å². The Morgan fingerprint density at radius 1 is 0.453 bits per heavy atom. The Kier molecular flexibility index (Phi) is 24.6. The van der Waals surface area contributed by atoms with Gasteiger partial charge in [0, 0.05) is 191 Å². The van der Waals surface area contributed by atoms with Crippen LogP contribution in [0.1, 0.15) is 13.8 Å². The fourth-order valence-electron chi connectivity index (χ4n) is 8.25. The van der Waals surface area contributed by atoms with E-state index in [0.29, 0.717) is 37.6 Å². The van der Waals surface area contributed by atoms with Gasteiger partial charge in [-0.25, -0.2) is 0 Å². The van der Waals surface area contributed by atoms with Gasteiger partial charge in [0.05, 0.1) is 22.7 Å². The van der Waals surface area contributed by atoms with Crippen molar-refractivity contribution >= 4 is 285 Å². The molecule has 9 rings (SSSR count). The minimum atomic E-state index is -4.94. The molecule has 0 aliphatic carbocycles. The van der Waals surface area contributed by atoms with Crippen molar-refractivity contribution in [1.29, 1.82) is 0 Å². The predicted molar refractivity (Wildman–Crippen MR) is 321 cm³/mol. The molecule has 1 aliphatic heterocycles. The summed E-state index contributed by atoms with van der Waals surface area (Å²) >= 11 is 12.8. The molecule has 2 aromatic heterocycles. The Morgan fingerprint density at radius 3 is 1.13 bits per heavy atom. The number of nitrogens with one attached hydrogen (secondary N) is 4. The van der Waals surface area contributed by atoms with Crippen molar-refractivity contribution < 1.29 is 61.5 Å². The maximum Gasteiger partial charge on any atom is 0.295 e. The van der Waals surface area contributed by atoms with Crippen molar-refractivity contribution in [2.45, 2.75) is 33.4 Å². The molecule has 0 atom stereocenters. The van der Waals surface area contributed by atoms with E-state index in [0.717, 1.165) is 36.4 Å². The van der Waals surface area contributed by atoms with Crippen LogP contribution in [0.3, 0.4) is 0 Å². The van der Waals surface area contributed by atoms with Gasteiger partial charge in [0.25, 0.3) is 40.5 Å². The van der Waals surface area contributed by atoms with Gasteiger partial charge in [-0.05, 0) is 96.0 Å². The summed E-state index contributed by atoms with van der Waals surface area (Å²) in [5.74, 6) is -0.657. The normalized spacial score (nSPS) is 12.9. The molecule has 1 aliphatic rings. The van der Waals surface area contributed by atoms with Crippen molar-refractivity contribution in [3.8, 4) is 0 Å². The number of rotatable bonds is 16. The minimum Gasteiger partial charge on any atom is -0.337 e. The Bertz CT molecular complexity index is 4240. The number of anilines is 8. The molecule has 30 nitrogen and oxygen atoms in total. The molecule has 86 heavy (non-hydrogen) atoms. The van der Waals surface area contributed by atoms with E-state index in [1.807, 2.05) is 9.80 Å². The summed E-state index contributed by atoms with van der Waals surface area (Å²) in [6.45, 7) is 3.71. The van der Waals surface area contributed by atoms with Gasteiger partial charge in [-0.2, -0.15) is 73.8 Å². The zero-order valence-electron chi connectivity index (χ0n) is 45.7. The van der Waals surface area contributed by atoms with Crippen molar-refractivity contribution in [3.63, 3.8) is 0 Å². The summed E-state index contributed by atoms with van der Waals surface area (Å²) in [4.78, 5) is 51.6. The van der Waals surface area contributed by atoms with Crippen molar-refractivity contribution in [2.24, 2.45) is 20.5 Å². The molecule has 1 saturated heterocycles. The van der Waals surface area contributed by atoms with Crippen LogP contribution in [0.5, 0.6) is 0 Å². The van der Waals surface area contributed by atoms with E-state index in [1.165, 1.54) is 74.5 Å². The molecule has 0 spiro atoms. The third-order valence-corrected chi connectivity index (χ3v) is 15.6. The van der Waals surface area contributed by atoms with E-state index in [1.54, 1.807) is 0 Å². The summed E-state index contributed by atoms with van der Waals surface area (Å²) in [7, 11) is -19.6. The fraction of sp³-hybridized carbons (Fsp3) is 0.130. The average molecular weight is 1330 g/mol. The van der Waals surface area contributed by atoms with Crippen LogP contribution in [0.4, 0.5) is 69.3 Å². The van der Waals surface area contributed by atoms with E-state index in [2.05, 4.69) is 71.6 Å². The molecule has 428 valence electrons. The average Bonchev–Trinajstić information content (AvgIpc) is 1.21. The molecular weight excluding hydrogens is 1290 g/mol. The monoisotopic (exact) mass is 1330 g/mol. The molecule has 0 bridgehead atoms. The van der Waals surface area contributed by atoms with Crippen LogP contribution in [0, 0.1) is 0 Å². The van der Waals surface area contributed by atoms with Crippen molar-refractivity contribution in [1.82, 2.24) is 29.9 Å². The predicted octanol–water partition coefficient (Wildman–Crippen LogP) is 6.69. The molecule has 40 heteroatoms. The number of fused-ring (bicyclic) bond motifs is 2. The van der Waals surface area contributed by atoms with Crippen molar-refractivity contribution in [3.05, 3.63) is 108 Å².